The Bertz CT molecular complexity index is 250. The van der Waals surface area contributed by atoms with Gasteiger partial charge in [0.1, 0.15) is 0 Å². The van der Waals surface area contributed by atoms with E-state index in [0.717, 1.165) is 25.9 Å². The fourth-order valence-electron chi connectivity index (χ4n) is 2.47. The Hall–Kier alpha value is -0.540. The van der Waals surface area contributed by atoms with Crippen LogP contribution < -0.4 is 5.32 Å². The molecule has 0 aromatic carbocycles. The Balaban J connectivity index is 2.90. The Morgan fingerprint density at radius 3 is 2.62 bits per heavy atom. The molecule has 0 aliphatic carbocycles. The maximum atomic E-state index is 5.46. The lowest BCUT2D eigenvalue weighted by atomic mass is 9.82. The highest BCUT2D eigenvalue weighted by Crippen LogP contribution is 2.29. The monoisotopic (exact) mass is 226 g/mol. The quantitative estimate of drug-likeness (QED) is 0.776. The molecule has 0 spiro atoms. The standard InChI is InChI=1S/C13H26N2O/c1-6-13(2,15(4)5)12(14-3)11-8-7-9-16-10-11/h10,12,14H,6-9H2,1-5H3. The summed E-state index contributed by atoms with van der Waals surface area (Å²) in [5.74, 6) is 0. The van der Waals surface area contributed by atoms with E-state index in [4.69, 9.17) is 4.74 Å². The molecule has 16 heavy (non-hydrogen) atoms. The highest BCUT2D eigenvalue weighted by atomic mass is 16.5. The first-order valence-corrected chi connectivity index (χ1v) is 6.21. The van der Waals surface area contributed by atoms with Crippen LogP contribution in [0.25, 0.3) is 0 Å². The summed E-state index contributed by atoms with van der Waals surface area (Å²) >= 11 is 0. The Morgan fingerprint density at radius 2 is 2.25 bits per heavy atom. The molecule has 2 atom stereocenters. The van der Waals surface area contributed by atoms with E-state index in [2.05, 4.69) is 38.2 Å². The summed E-state index contributed by atoms with van der Waals surface area (Å²) in [6.07, 6.45) is 5.36. The predicted octanol–water partition coefficient (Wildman–Crippen LogP) is 2.00. The highest BCUT2D eigenvalue weighted by molar-refractivity contribution is 5.17. The summed E-state index contributed by atoms with van der Waals surface area (Å²) in [5.41, 5.74) is 1.54. The lowest BCUT2D eigenvalue weighted by Gasteiger charge is -2.44. The third-order valence-electron chi connectivity index (χ3n) is 3.98. The molecule has 0 saturated heterocycles. The number of hydrogen-bond acceptors (Lipinski definition) is 3. The lowest BCUT2D eigenvalue weighted by molar-refractivity contribution is 0.122. The van der Waals surface area contributed by atoms with E-state index in [9.17, 15) is 0 Å². The largest absolute Gasteiger partial charge is 0.501 e. The first-order valence-electron chi connectivity index (χ1n) is 6.21. The first kappa shape index (κ1) is 13.5. The van der Waals surface area contributed by atoms with Crippen LogP contribution in [0.3, 0.4) is 0 Å². The van der Waals surface area contributed by atoms with Gasteiger partial charge in [0.15, 0.2) is 0 Å². The van der Waals surface area contributed by atoms with Gasteiger partial charge in [0.2, 0.25) is 0 Å². The number of ether oxygens (including phenoxy) is 1. The second kappa shape index (κ2) is 5.69. The van der Waals surface area contributed by atoms with Gasteiger partial charge < -0.3 is 15.0 Å². The van der Waals surface area contributed by atoms with Crippen LogP contribution in [0.2, 0.25) is 0 Å². The van der Waals surface area contributed by atoms with Crippen molar-refractivity contribution in [3.05, 3.63) is 11.8 Å². The molecule has 2 unspecified atom stereocenters. The maximum Gasteiger partial charge on any atom is 0.0876 e. The van der Waals surface area contributed by atoms with Crippen molar-refractivity contribution in [3.63, 3.8) is 0 Å². The predicted molar refractivity (Wildman–Crippen MR) is 68.5 cm³/mol. The van der Waals surface area contributed by atoms with E-state index in [1.807, 2.05) is 13.3 Å². The molecule has 0 aromatic heterocycles. The van der Waals surface area contributed by atoms with Crippen molar-refractivity contribution in [1.29, 1.82) is 0 Å². The van der Waals surface area contributed by atoms with Crippen molar-refractivity contribution >= 4 is 0 Å². The highest BCUT2D eigenvalue weighted by Gasteiger charge is 2.36. The summed E-state index contributed by atoms with van der Waals surface area (Å²) in [5, 5.41) is 3.45. The molecule has 1 aliphatic heterocycles. The van der Waals surface area contributed by atoms with E-state index >= 15 is 0 Å². The Labute approximate surface area is 99.8 Å². The lowest BCUT2D eigenvalue weighted by Crippen LogP contribution is -2.57. The third kappa shape index (κ3) is 2.58. The number of hydrogen-bond donors (Lipinski definition) is 1. The van der Waals surface area contributed by atoms with Gasteiger partial charge in [-0.15, -0.1) is 0 Å². The van der Waals surface area contributed by atoms with Crippen LogP contribution >= 0.6 is 0 Å². The van der Waals surface area contributed by atoms with Gasteiger partial charge in [0.25, 0.3) is 0 Å². The van der Waals surface area contributed by atoms with Crippen LogP contribution in [0.4, 0.5) is 0 Å². The van der Waals surface area contributed by atoms with Gasteiger partial charge in [-0.1, -0.05) is 6.92 Å². The fraction of sp³-hybridized carbons (Fsp3) is 0.846. The van der Waals surface area contributed by atoms with Crippen LogP contribution in [0.5, 0.6) is 0 Å². The molecule has 0 amide bonds. The van der Waals surface area contributed by atoms with Crippen LogP contribution in [0, 0.1) is 0 Å². The molecule has 0 fully saturated rings. The number of rotatable bonds is 5. The molecule has 1 N–H and O–H groups in total. The zero-order valence-corrected chi connectivity index (χ0v) is 11.3. The maximum absolute atomic E-state index is 5.46. The van der Waals surface area contributed by atoms with Gasteiger partial charge in [-0.2, -0.15) is 0 Å². The Kier molecular flexibility index (Phi) is 4.81. The molecule has 0 saturated carbocycles. The fourth-order valence-corrected chi connectivity index (χ4v) is 2.47. The molecule has 0 bridgehead atoms. The number of nitrogens with one attached hydrogen (secondary N) is 1. The topological polar surface area (TPSA) is 24.5 Å². The van der Waals surface area contributed by atoms with Crippen molar-refractivity contribution in [1.82, 2.24) is 10.2 Å². The van der Waals surface area contributed by atoms with Crippen molar-refractivity contribution in [3.8, 4) is 0 Å². The molecule has 3 heteroatoms. The second-order valence-corrected chi connectivity index (χ2v) is 4.99. The summed E-state index contributed by atoms with van der Waals surface area (Å²) in [6.45, 7) is 5.42. The van der Waals surface area contributed by atoms with Crippen molar-refractivity contribution < 1.29 is 4.74 Å². The minimum atomic E-state index is 0.140. The van der Waals surface area contributed by atoms with Crippen molar-refractivity contribution in [2.45, 2.75) is 44.7 Å². The molecule has 94 valence electrons. The minimum absolute atomic E-state index is 0.140. The van der Waals surface area contributed by atoms with E-state index in [1.54, 1.807) is 0 Å². The van der Waals surface area contributed by atoms with Gasteiger partial charge in [0, 0.05) is 11.6 Å². The molecule has 0 aromatic rings. The molecule has 0 radical (unpaired) electrons. The van der Waals surface area contributed by atoms with E-state index < -0.39 is 0 Å². The van der Waals surface area contributed by atoms with E-state index in [0.29, 0.717) is 6.04 Å². The Morgan fingerprint density at radius 1 is 1.56 bits per heavy atom. The van der Waals surface area contributed by atoms with Crippen LogP contribution in [0.15, 0.2) is 11.8 Å². The SMILES string of the molecule is CCC(C)(C(NC)C1=COCCC1)N(C)C. The van der Waals surface area contributed by atoms with Gasteiger partial charge in [-0.3, -0.25) is 0 Å². The number of nitrogens with zero attached hydrogens (tertiary/aromatic N) is 1. The van der Waals surface area contributed by atoms with Gasteiger partial charge in [0.05, 0.1) is 12.9 Å². The van der Waals surface area contributed by atoms with Gasteiger partial charge in [-0.25, -0.2) is 0 Å². The second-order valence-electron chi connectivity index (χ2n) is 4.99. The molecule has 1 aliphatic rings. The summed E-state index contributed by atoms with van der Waals surface area (Å²) < 4.78 is 5.46. The van der Waals surface area contributed by atoms with E-state index in [1.165, 1.54) is 5.57 Å². The zero-order valence-electron chi connectivity index (χ0n) is 11.3. The van der Waals surface area contributed by atoms with Crippen LogP contribution in [0.1, 0.15) is 33.1 Å². The van der Waals surface area contributed by atoms with Crippen LogP contribution in [-0.4, -0.2) is 44.2 Å². The normalized spacial score (nSPS) is 22.2. The summed E-state index contributed by atoms with van der Waals surface area (Å²) in [4.78, 5) is 2.31. The molecule has 1 heterocycles. The van der Waals surface area contributed by atoms with Crippen molar-refractivity contribution in [2.75, 3.05) is 27.7 Å². The average Bonchev–Trinajstić information content (AvgIpc) is 2.30. The van der Waals surface area contributed by atoms with Crippen molar-refractivity contribution in [2.24, 2.45) is 0 Å². The molecular formula is C13H26N2O. The number of likely N-dealkylation sites (N-methyl/N-ethyl adjacent to an activating group) is 2. The molecule has 1 rings (SSSR count). The third-order valence-corrected chi connectivity index (χ3v) is 3.98. The van der Waals surface area contributed by atoms with Gasteiger partial charge >= 0.3 is 0 Å². The van der Waals surface area contributed by atoms with Crippen LogP contribution in [-0.2, 0) is 4.74 Å². The van der Waals surface area contributed by atoms with E-state index in [-0.39, 0.29) is 5.54 Å². The zero-order chi connectivity index (χ0) is 12.2. The average molecular weight is 226 g/mol. The molecule has 3 nitrogen and oxygen atoms in total. The summed E-state index contributed by atoms with van der Waals surface area (Å²) in [7, 11) is 6.34. The smallest absolute Gasteiger partial charge is 0.0876 e. The van der Waals surface area contributed by atoms with Gasteiger partial charge in [-0.05, 0) is 52.9 Å². The minimum Gasteiger partial charge on any atom is -0.501 e. The first-order chi connectivity index (χ1) is 7.56. The molecular weight excluding hydrogens is 200 g/mol. The summed E-state index contributed by atoms with van der Waals surface area (Å²) in [6, 6.07) is 0.368.